The Kier molecular flexibility index (Phi) is 4.73. The van der Waals surface area contributed by atoms with Crippen molar-refractivity contribution >= 4 is 21.6 Å². The number of nitrogens with one attached hydrogen (secondary N) is 1. The molecule has 0 atom stereocenters. The Bertz CT molecular complexity index is 640. The molecule has 0 spiro atoms. The Morgan fingerprint density at radius 1 is 1.40 bits per heavy atom. The molecule has 0 amide bonds. The molecule has 0 aromatic carbocycles. The van der Waals surface area contributed by atoms with E-state index in [2.05, 4.69) is 31.3 Å². The predicted molar refractivity (Wildman–Crippen MR) is 80.0 cm³/mol. The van der Waals surface area contributed by atoms with E-state index >= 15 is 0 Å². The van der Waals surface area contributed by atoms with E-state index in [9.17, 15) is 4.79 Å². The summed E-state index contributed by atoms with van der Waals surface area (Å²) in [5.74, 6) is 0.571. The second-order valence-corrected chi connectivity index (χ2v) is 4.85. The Hall–Kier alpha value is -1.89. The first kappa shape index (κ1) is 14.5. The van der Waals surface area contributed by atoms with Gasteiger partial charge in [0.2, 0.25) is 5.88 Å². The summed E-state index contributed by atoms with van der Waals surface area (Å²) >= 11 is 3.30. The lowest BCUT2D eigenvalue weighted by atomic mass is 10.3. The number of halogens is 1. The van der Waals surface area contributed by atoms with Crippen LogP contribution in [-0.4, -0.2) is 21.9 Å². The number of hydrogen-bond acceptors (Lipinski definition) is 5. The van der Waals surface area contributed by atoms with E-state index in [4.69, 9.17) is 4.74 Å². The van der Waals surface area contributed by atoms with Gasteiger partial charge in [0.1, 0.15) is 4.47 Å². The Morgan fingerprint density at radius 2 is 2.20 bits per heavy atom. The molecule has 0 saturated carbocycles. The van der Waals surface area contributed by atoms with E-state index < -0.39 is 0 Å². The molecule has 7 heteroatoms. The first-order valence-electron chi connectivity index (χ1n) is 6.14. The number of aryl methyl sites for hydroxylation is 1. The minimum Gasteiger partial charge on any atom is -0.481 e. The Balaban J connectivity index is 2.10. The third-order valence-corrected chi connectivity index (χ3v) is 3.54. The van der Waals surface area contributed by atoms with Crippen LogP contribution in [0.25, 0.3) is 0 Å². The van der Waals surface area contributed by atoms with E-state index in [-0.39, 0.29) is 5.56 Å². The van der Waals surface area contributed by atoms with Gasteiger partial charge < -0.3 is 10.1 Å². The van der Waals surface area contributed by atoms with Crippen molar-refractivity contribution in [3.8, 4) is 5.88 Å². The fourth-order valence-corrected chi connectivity index (χ4v) is 2.09. The van der Waals surface area contributed by atoms with Gasteiger partial charge in [-0.05, 0) is 28.4 Å². The number of anilines is 1. The standard InChI is InChI=1S/C13H15BrN4O2/c1-3-18-13(19)12(14)10(8-17-18)15-6-9-4-5-11(20-2)16-7-9/h4-5,7-8,15H,3,6H2,1-2H3. The average molecular weight is 339 g/mol. The van der Waals surface area contributed by atoms with Crippen LogP contribution in [0.2, 0.25) is 0 Å². The summed E-state index contributed by atoms with van der Waals surface area (Å²) in [6.45, 7) is 2.96. The van der Waals surface area contributed by atoms with Gasteiger partial charge in [0, 0.05) is 25.4 Å². The number of rotatable bonds is 5. The number of hydrogen-bond donors (Lipinski definition) is 1. The largest absolute Gasteiger partial charge is 0.481 e. The van der Waals surface area contributed by atoms with Crippen molar-refractivity contribution in [3.05, 3.63) is 44.9 Å². The number of ether oxygens (including phenoxy) is 1. The highest BCUT2D eigenvalue weighted by molar-refractivity contribution is 9.10. The summed E-state index contributed by atoms with van der Waals surface area (Å²) in [6.07, 6.45) is 3.35. The van der Waals surface area contributed by atoms with Crippen molar-refractivity contribution in [3.63, 3.8) is 0 Å². The quantitative estimate of drug-likeness (QED) is 0.903. The van der Waals surface area contributed by atoms with Gasteiger partial charge in [0.05, 0.1) is 19.0 Å². The van der Waals surface area contributed by atoms with Crippen LogP contribution >= 0.6 is 15.9 Å². The molecule has 2 rings (SSSR count). The second kappa shape index (κ2) is 6.51. The zero-order valence-electron chi connectivity index (χ0n) is 11.3. The lowest BCUT2D eigenvalue weighted by Crippen LogP contribution is -2.23. The van der Waals surface area contributed by atoms with Crippen LogP contribution in [-0.2, 0) is 13.1 Å². The lowest BCUT2D eigenvalue weighted by molar-refractivity contribution is 0.397. The number of methoxy groups -OCH3 is 1. The molecule has 6 nitrogen and oxygen atoms in total. The monoisotopic (exact) mass is 338 g/mol. The molecule has 2 aromatic rings. The minimum absolute atomic E-state index is 0.148. The van der Waals surface area contributed by atoms with Crippen LogP contribution in [0.1, 0.15) is 12.5 Å². The van der Waals surface area contributed by atoms with Crippen LogP contribution in [0.15, 0.2) is 33.8 Å². The number of aromatic nitrogens is 3. The summed E-state index contributed by atoms with van der Waals surface area (Å²) in [5, 5.41) is 7.23. The molecule has 0 saturated heterocycles. The van der Waals surface area contributed by atoms with Crippen molar-refractivity contribution in [1.82, 2.24) is 14.8 Å². The van der Waals surface area contributed by atoms with Crippen LogP contribution in [0.5, 0.6) is 5.88 Å². The van der Waals surface area contributed by atoms with Gasteiger partial charge in [-0.15, -0.1) is 0 Å². The van der Waals surface area contributed by atoms with Crippen molar-refractivity contribution in [1.29, 1.82) is 0 Å². The summed E-state index contributed by atoms with van der Waals surface area (Å²) < 4.78 is 6.87. The highest BCUT2D eigenvalue weighted by Gasteiger charge is 2.07. The Morgan fingerprint density at radius 3 is 2.80 bits per heavy atom. The summed E-state index contributed by atoms with van der Waals surface area (Å²) in [5.41, 5.74) is 1.50. The van der Waals surface area contributed by atoms with E-state index in [1.54, 1.807) is 25.6 Å². The maximum absolute atomic E-state index is 11.9. The van der Waals surface area contributed by atoms with Gasteiger partial charge in [-0.3, -0.25) is 4.79 Å². The topological polar surface area (TPSA) is 69.0 Å². The maximum Gasteiger partial charge on any atom is 0.283 e. The molecule has 0 unspecified atom stereocenters. The second-order valence-electron chi connectivity index (χ2n) is 4.06. The lowest BCUT2D eigenvalue weighted by Gasteiger charge is -2.09. The molecule has 0 fully saturated rings. The van der Waals surface area contributed by atoms with Crippen molar-refractivity contribution in [2.24, 2.45) is 0 Å². The van der Waals surface area contributed by atoms with Gasteiger partial charge in [0.15, 0.2) is 0 Å². The van der Waals surface area contributed by atoms with Gasteiger partial charge in [0.25, 0.3) is 5.56 Å². The van der Waals surface area contributed by atoms with E-state index in [1.807, 2.05) is 13.0 Å². The van der Waals surface area contributed by atoms with Crippen LogP contribution in [0.4, 0.5) is 5.69 Å². The highest BCUT2D eigenvalue weighted by Crippen LogP contribution is 2.17. The van der Waals surface area contributed by atoms with E-state index in [0.29, 0.717) is 29.1 Å². The van der Waals surface area contributed by atoms with Crippen LogP contribution < -0.4 is 15.6 Å². The number of pyridine rings is 1. The van der Waals surface area contributed by atoms with Crippen LogP contribution in [0, 0.1) is 0 Å². The smallest absolute Gasteiger partial charge is 0.283 e. The van der Waals surface area contributed by atoms with E-state index in [1.165, 1.54) is 4.68 Å². The third-order valence-electron chi connectivity index (χ3n) is 2.77. The molecule has 0 aliphatic carbocycles. The molecule has 1 N–H and O–H groups in total. The molecule has 2 aromatic heterocycles. The predicted octanol–water partition coefficient (Wildman–Crippen LogP) is 2.04. The van der Waals surface area contributed by atoms with Gasteiger partial charge in [-0.1, -0.05) is 6.07 Å². The molecule has 0 radical (unpaired) electrons. The van der Waals surface area contributed by atoms with Gasteiger partial charge in [-0.2, -0.15) is 5.10 Å². The fraction of sp³-hybridized carbons (Fsp3) is 0.308. The first-order chi connectivity index (χ1) is 9.65. The molecular formula is C13H15BrN4O2. The summed E-state index contributed by atoms with van der Waals surface area (Å²) in [7, 11) is 1.58. The highest BCUT2D eigenvalue weighted by atomic mass is 79.9. The summed E-state index contributed by atoms with van der Waals surface area (Å²) in [4.78, 5) is 16.0. The first-order valence-corrected chi connectivity index (χ1v) is 6.93. The summed E-state index contributed by atoms with van der Waals surface area (Å²) in [6, 6.07) is 3.70. The molecule has 2 heterocycles. The molecule has 20 heavy (non-hydrogen) atoms. The van der Waals surface area contributed by atoms with Crippen molar-refractivity contribution in [2.45, 2.75) is 20.0 Å². The average Bonchev–Trinajstić information content (AvgIpc) is 2.49. The zero-order valence-corrected chi connectivity index (χ0v) is 12.8. The molecule has 0 aliphatic heterocycles. The fourth-order valence-electron chi connectivity index (χ4n) is 1.65. The third kappa shape index (κ3) is 3.16. The Labute approximate surface area is 124 Å². The molecule has 0 aliphatic rings. The SMILES string of the molecule is CCn1ncc(NCc2ccc(OC)nc2)c(Br)c1=O. The van der Waals surface area contributed by atoms with Crippen molar-refractivity contribution < 1.29 is 4.74 Å². The zero-order chi connectivity index (χ0) is 14.5. The van der Waals surface area contributed by atoms with Gasteiger partial charge in [-0.25, -0.2) is 9.67 Å². The maximum atomic E-state index is 11.9. The molecule has 106 valence electrons. The molecular weight excluding hydrogens is 324 g/mol. The minimum atomic E-state index is -0.148. The normalized spacial score (nSPS) is 10.3. The molecule has 0 bridgehead atoms. The van der Waals surface area contributed by atoms with E-state index in [0.717, 1.165) is 5.56 Å². The van der Waals surface area contributed by atoms with Gasteiger partial charge >= 0.3 is 0 Å². The number of nitrogens with zero attached hydrogens (tertiary/aromatic N) is 3. The van der Waals surface area contributed by atoms with Crippen LogP contribution in [0.3, 0.4) is 0 Å². The van der Waals surface area contributed by atoms with Crippen molar-refractivity contribution in [2.75, 3.05) is 12.4 Å².